The topological polar surface area (TPSA) is 30.5 Å². The van der Waals surface area contributed by atoms with Crippen LogP contribution in [0, 0.1) is 13.8 Å². The molecule has 0 aromatic heterocycles. The third-order valence-corrected chi connectivity index (χ3v) is 3.66. The second-order valence-electron chi connectivity index (χ2n) is 5.28. The molecule has 1 N–H and O–H groups in total. The lowest BCUT2D eigenvalue weighted by atomic mass is 10.1. The lowest BCUT2D eigenvalue weighted by Gasteiger charge is -2.18. The summed E-state index contributed by atoms with van der Waals surface area (Å²) in [7, 11) is 3.39. The van der Waals surface area contributed by atoms with Crippen molar-refractivity contribution in [2.45, 2.75) is 26.8 Å². The number of aryl methyl sites for hydroxylation is 2. The molecule has 3 heteroatoms. The van der Waals surface area contributed by atoms with Crippen LogP contribution in [-0.2, 0) is 0 Å². The molecule has 112 valence electrons. The Morgan fingerprint density at radius 3 is 1.95 bits per heavy atom. The van der Waals surface area contributed by atoms with E-state index in [9.17, 15) is 0 Å². The van der Waals surface area contributed by atoms with Crippen molar-refractivity contribution in [3.05, 3.63) is 53.1 Å². The average Bonchev–Trinajstić information content (AvgIpc) is 2.47. The predicted molar refractivity (Wildman–Crippen MR) is 87.5 cm³/mol. The zero-order valence-electron chi connectivity index (χ0n) is 13.4. The first-order valence-corrected chi connectivity index (χ1v) is 7.11. The Morgan fingerprint density at radius 2 is 1.48 bits per heavy atom. The summed E-state index contributed by atoms with van der Waals surface area (Å²) in [5.41, 5.74) is 4.61. The molecule has 2 rings (SSSR count). The van der Waals surface area contributed by atoms with E-state index < -0.39 is 0 Å². The van der Waals surface area contributed by atoms with Crippen LogP contribution in [-0.4, -0.2) is 14.2 Å². The minimum absolute atomic E-state index is 0.225. The number of methoxy groups -OCH3 is 2. The third kappa shape index (κ3) is 3.48. The maximum Gasteiger partial charge on any atom is 0.124 e. The second kappa shape index (κ2) is 6.53. The van der Waals surface area contributed by atoms with E-state index in [-0.39, 0.29) is 6.04 Å². The SMILES string of the molecule is COc1ccc([C@H](C)Nc2cc(C)c(OC)c(C)c2)cc1. The minimum Gasteiger partial charge on any atom is -0.497 e. The van der Waals surface area contributed by atoms with E-state index in [1.807, 2.05) is 12.1 Å². The van der Waals surface area contributed by atoms with Gasteiger partial charge in [-0.15, -0.1) is 0 Å². The maximum atomic E-state index is 5.40. The Kier molecular flexibility index (Phi) is 4.73. The Bertz CT molecular complexity index is 582. The van der Waals surface area contributed by atoms with Crippen molar-refractivity contribution in [2.24, 2.45) is 0 Å². The van der Waals surface area contributed by atoms with Gasteiger partial charge in [-0.2, -0.15) is 0 Å². The van der Waals surface area contributed by atoms with Gasteiger partial charge in [-0.05, 0) is 61.7 Å². The van der Waals surface area contributed by atoms with Crippen LogP contribution in [0.25, 0.3) is 0 Å². The molecule has 0 saturated carbocycles. The summed E-state index contributed by atoms with van der Waals surface area (Å²) in [6.07, 6.45) is 0. The molecule has 21 heavy (non-hydrogen) atoms. The van der Waals surface area contributed by atoms with Crippen molar-refractivity contribution in [1.82, 2.24) is 0 Å². The van der Waals surface area contributed by atoms with Gasteiger partial charge < -0.3 is 14.8 Å². The molecular weight excluding hydrogens is 262 g/mol. The van der Waals surface area contributed by atoms with Gasteiger partial charge in [-0.25, -0.2) is 0 Å². The molecule has 0 unspecified atom stereocenters. The van der Waals surface area contributed by atoms with Crippen LogP contribution in [0.15, 0.2) is 36.4 Å². The van der Waals surface area contributed by atoms with E-state index in [2.05, 4.69) is 50.4 Å². The predicted octanol–water partition coefficient (Wildman–Crippen LogP) is 4.49. The monoisotopic (exact) mass is 285 g/mol. The largest absolute Gasteiger partial charge is 0.497 e. The molecule has 0 aliphatic rings. The number of hydrogen-bond acceptors (Lipinski definition) is 3. The fraction of sp³-hybridized carbons (Fsp3) is 0.333. The summed E-state index contributed by atoms with van der Waals surface area (Å²) in [6.45, 7) is 6.28. The van der Waals surface area contributed by atoms with Gasteiger partial charge in [-0.1, -0.05) is 12.1 Å². The van der Waals surface area contributed by atoms with Gasteiger partial charge in [0.25, 0.3) is 0 Å². The van der Waals surface area contributed by atoms with Crippen LogP contribution in [0.1, 0.15) is 29.7 Å². The van der Waals surface area contributed by atoms with Crippen LogP contribution in [0.3, 0.4) is 0 Å². The molecule has 1 atom stereocenters. The van der Waals surface area contributed by atoms with Crippen molar-refractivity contribution in [3.8, 4) is 11.5 Å². The standard InChI is InChI=1S/C18H23NO2/c1-12-10-16(11-13(2)18(12)21-5)19-14(3)15-6-8-17(20-4)9-7-15/h6-11,14,19H,1-5H3/t14-/m0/s1. The van der Waals surface area contributed by atoms with Crippen LogP contribution < -0.4 is 14.8 Å². The van der Waals surface area contributed by atoms with Crippen molar-refractivity contribution < 1.29 is 9.47 Å². The summed E-state index contributed by atoms with van der Waals surface area (Å²) >= 11 is 0. The fourth-order valence-electron chi connectivity index (χ4n) is 2.58. The summed E-state index contributed by atoms with van der Waals surface area (Å²) in [4.78, 5) is 0. The molecule has 0 spiro atoms. The third-order valence-electron chi connectivity index (χ3n) is 3.66. The van der Waals surface area contributed by atoms with Gasteiger partial charge in [0.2, 0.25) is 0 Å². The van der Waals surface area contributed by atoms with Crippen LogP contribution in [0.2, 0.25) is 0 Å². The number of ether oxygens (including phenoxy) is 2. The molecule has 0 aliphatic heterocycles. The van der Waals surface area contributed by atoms with E-state index in [4.69, 9.17) is 9.47 Å². The van der Waals surface area contributed by atoms with Crippen LogP contribution in [0.4, 0.5) is 5.69 Å². The fourth-order valence-corrected chi connectivity index (χ4v) is 2.58. The summed E-state index contributed by atoms with van der Waals surface area (Å²) in [6, 6.07) is 12.6. The van der Waals surface area contributed by atoms with Gasteiger partial charge in [0.05, 0.1) is 14.2 Å². The Labute approximate surface area is 126 Å². The zero-order valence-corrected chi connectivity index (χ0v) is 13.4. The molecule has 0 bridgehead atoms. The van der Waals surface area contributed by atoms with Gasteiger partial charge in [0, 0.05) is 11.7 Å². The smallest absolute Gasteiger partial charge is 0.124 e. The van der Waals surface area contributed by atoms with Gasteiger partial charge in [0.1, 0.15) is 11.5 Å². The van der Waals surface area contributed by atoms with E-state index in [0.29, 0.717) is 0 Å². The molecule has 0 amide bonds. The maximum absolute atomic E-state index is 5.40. The molecule has 0 heterocycles. The van der Waals surface area contributed by atoms with Crippen molar-refractivity contribution >= 4 is 5.69 Å². The number of anilines is 1. The highest BCUT2D eigenvalue weighted by atomic mass is 16.5. The summed E-state index contributed by atoms with van der Waals surface area (Å²) in [5.74, 6) is 1.83. The highest BCUT2D eigenvalue weighted by molar-refractivity contribution is 5.56. The number of benzene rings is 2. The lowest BCUT2D eigenvalue weighted by molar-refractivity contribution is 0.408. The van der Waals surface area contributed by atoms with E-state index in [0.717, 1.165) is 28.3 Å². The average molecular weight is 285 g/mol. The van der Waals surface area contributed by atoms with E-state index in [1.54, 1.807) is 14.2 Å². The molecule has 3 nitrogen and oxygen atoms in total. The van der Waals surface area contributed by atoms with Crippen molar-refractivity contribution in [3.63, 3.8) is 0 Å². The zero-order chi connectivity index (χ0) is 15.4. The lowest BCUT2D eigenvalue weighted by Crippen LogP contribution is -2.07. The summed E-state index contributed by atoms with van der Waals surface area (Å²) < 4.78 is 10.6. The summed E-state index contributed by atoms with van der Waals surface area (Å²) in [5, 5.41) is 3.53. The Balaban J connectivity index is 2.16. The molecule has 2 aromatic rings. The van der Waals surface area contributed by atoms with Crippen LogP contribution in [0.5, 0.6) is 11.5 Å². The van der Waals surface area contributed by atoms with E-state index >= 15 is 0 Å². The number of rotatable bonds is 5. The van der Waals surface area contributed by atoms with Gasteiger partial charge >= 0.3 is 0 Å². The van der Waals surface area contributed by atoms with Gasteiger partial charge in [-0.3, -0.25) is 0 Å². The molecule has 0 radical (unpaired) electrons. The van der Waals surface area contributed by atoms with Gasteiger partial charge in [0.15, 0.2) is 0 Å². The quantitative estimate of drug-likeness (QED) is 0.877. The highest BCUT2D eigenvalue weighted by Crippen LogP contribution is 2.29. The number of hydrogen-bond donors (Lipinski definition) is 1. The molecule has 0 fully saturated rings. The molecular formula is C18H23NO2. The molecule has 2 aromatic carbocycles. The molecule has 0 saturated heterocycles. The molecule has 0 aliphatic carbocycles. The van der Waals surface area contributed by atoms with Crippen LogP contribution >= 0.6 is 0 Å². The van der Waals surface area contributed by atoms with Crippen molar-refractivity contribution in [2.75, 3.05) is 19.5 Å². The second-order valence-corrected chi connectivity index (χ2v) is 5.28. The first-order valence-electron chi connectivity index (χ1n) is 7.11. The highest BCUT2D eigenvalue weighted by Gasteiger charge is 2.09. The van der Waals surface area contributed by atoms with E-state index in [1.165, 1.54) is 5.56 Å². The Morgan fingerprint density at radius 1 is 0.905 bits per heavy atom. The first-order chi connectivity index (χ1) is 10.0. The normalized spacial score (nSPS) is 11.9. The Hall–Kier alpha value is -2.16. The first kappa shape index (κ1) is 15.2. The van der Waals surface area contributed by atoms with Crippen molar-refractivity contribution in [1.29, 1.82) is 0 Å². The number of nitrogens with one attached hydrogen (secondary N) is 1. The minimum atomic E-state index is 0.225.